The molecule has 0 amide bonds. The Labute approximate surface area is 171 Å². The Bertz CT molecular complexity index is 301. The molecule has 0 aliphatic carbocycles. The second-order valence-corrected chi connectivity index (χ2v) is 8.36. The lowest BCUT2D eigenvalue weighted by Crippen LogP contribution is -2.17. The van der Waals surface area contributed by atoms with Crippen molar-refractivity contribution in [3.05, 3.63) is 0 Å². The summed E-state index contributed by atoms with van der Waals surface area (Å²) < 4.78 is 5.65. The van der Waals surface area contributed by atoms with Gasteiger partial charge in [0.25, 0.3) is 0 Å². The Kier molecular flexibility index (Phi) is 21.3. The van der Waals surface area contributed by atoms with Crippen molar-refractivity contribution in [1.29, 1.82) is 0 Å². The third-order valence-electron chi connectivity index (χ3n) is 5.62. The maximum Gasteiger partial charge on any atom is 0.306 e. The van der Waals surface area contributed by atoms with Crippen LogP contribution in [0.4, 0.5) is 0 Å². The van der Waals surface area contributed by atoms with Crippen LogP contribution in [0.15, 0.2) is 0 Å². The molecule has 27 heavy (non-hydrogen) atoms. The van der Waals surface area contributed by atoms with Gasteiger partial charge in [-0.05, 0) is 25.7 Å². The first-order valence-electron chi connectivity index (χ1n) is 12.4. The summed E-state index contributed by atoms with van der Waals surface area (Å²) in [7, 11) is 0. The lowest BCUT2D eigenvalue weighted by molar-refractivity contribution is -0.149. The largest absolute Gasteiger partial charge is 0.462 e. The summed E-state index contributed by atoms with van der Waals surface area (Å²) in [5.74, 6) is 0.0210. The van der Waals surface area contributed by atoms with Gasteiger partial charge in [0.1, 0.15) is 6.10 Å². The number of ether oxygens (including phenoxy) is 1. The van der Waals surface area contributed by atoms with Gasteiger partial charge in [-0.2, -0.15) is 0 Å². The van der Waals surface area contributed by atoms with E-state index >= 15 is 0 Å². The Morgan fingerprint density at radius 3 is 1.44 bits per heavy atom. The molecular weight excluding hydrogens is 332 g/mol. The molecular formula is C25H50O2. The van der Waals surface area contributed by atoms with Crippen molar-refractivity contribution in [2.24, 2.45) is 0 Å². The SMILES string of the molecule is CCCCCCCCCCCCCCC[C@H](CC)OC(=O)CCCCCC. The van der Waals surface area contributed by atoms with Gasteiger partial charge in [0.15, 0.2) is 0 Å². The van der Waals surface area contributed by atoms with E-state index in [9.17, 15) is 4.79 Å². The van der Waals surface area contributed by atoms with Crippen molar-refractivity contribution < 1.29 is 9.53 Å². The zero-order valence-corrected chi connectivity index (χ0v) is 19.0. The Balaban J connectivity index is 3.39. The monoisotopic (exact) mass is 382 g/mol. The molecule has 0 fully saturated rings. The van der Waals surface area contributed by atoms with Gasteiger partial charge in [-0.25, -0.2) is 0 Å². The zero-order valence-electron chi connectivity index (χ0n) is 19.0. The summed E-state index contributed by atoms with van der Waals surface area (Å²) in [5, 5.41) is 0. The number of unbranched alkanes of at least 4 members (excludes halogenated alkanes) is 15. The predicted molar refractivity (Wildman–Crippen MR) is 119 cm³/mol. The van der Waals surface area contributed by atoms with Crippen LogP contribution in [0.2, 0.25) is 0 Å². The lowest BCUT2D eigenvalue weighted by atomic mass is 10.0. The average molecular weight is 383 g/mol. The van der Waals surface area contributed by atoms with Crippen molar-refractivity contribution in [1.82, 2.24) is 0 Å². The van der Waals surface area contributed by atoms with E-state index in [0.29, 0.717) is 6.42 Å². The van der Waals surface area contributed by atoms with E-state index in [1.165, 1.54) is 96.3 Å². The molecule has 0 aliphatic rings. The first kappa shape index (κ1) is 26.5. The minimum atomic E-state index is 0.0210. The fourth-order valence-corrected chi connectivity index (χ4v) is 3.68. The highest BCUT2D eigenvalue weighted by atomic mass is 16.5. The Morgan fingerprint density at radius 1 is 0.593 bits per heavy atom. The second-order valence-electron chi connectivity index (χ2n) is 8.36. The number of carbonyl (C=O) groups excluding carboxylic acids is 1. The highest BCUT2D eigenvalue weighted by Crippen LogP contribution is 2.15. The maximum absolute atomic E-state index is 11.9. The summed E-state index contributed by atoms with van der Waals surface area (Å²) in [4.78, 5) is 11.9. The zero-order chi connectivity index (χ0) is 20.0. The van der Waals surface area contributed by atoms with Crippen LogP contribution in [0.3, 0.4) is 0 Å². The van der Waals surface area contributed by atoms with Gasteiger partial charge < -0.3 is 4.74 Å². The smallest absolute Gasteiger partial charge is 0.306 e. The van der Waals surface area contributed by atoms with Gasteiger partial charge in [0.05, 0.1) is 0 Å². The highest BCUT2D eigenvalue weighted by Gasteiger charge is 2.11. The summed E-state index contributed by atoms with van der Waals surface area (Å²) in [6.07, 6.45) is 25.3. The minimum Gasteiger partial charge on any atom is -0.462 e. The first-order chi connectivity index (χ1) is 13.2. The van der Waals surface area contributed by atoms with Gasteiger partial charge in [-0.15, -0.1) is 0 Å². The standard InChI is InChI=1S/C25H50O2/c1-4-7-9-11-12-13-14-15-16-17-18-19-20-22-24(6-3)27-25(26)23-21-10-8-5-2/h24H,4-23H2,1-3H3/t24-/m0/s1. The molecule has 0 saturated heterocycles. The molecule has 1 atom stereocenters. The third-order valence-corrected chi connectivity index (χ3v) is 5.62. The van der Waals surface area contributed by atoms with E-state index in [0.717, 1.165) is 25.7 Å². The van der Waals surface area contributed by atoms with Crippen LogP contribution in [0, 0.1) is 0 Å². The van der Waals surface area contributed by atoms with Gasteiger partial charge in [-0.3, -0.25) is 4.79 Å². The number of hydrogen-bond donors (Lipinski definition) is 0. The van der Waals surface area contributed by atoms with Crippen LogP contribution >= 0.6 is 0 Å². The van der Waals surface area contributed by atoms with Crippen LogP contribution in [0.25, 0.3) is 0 Å². The van der Waals surface area contributed by atoms with E-state index < -0.39 is 0 Å². The molecule has 0 bridgehead atoms. The molecule has 0 rings (SSSR count). The van der Waals surface area contributed by atoms with Crippen LogP contribution < -0.4 is 0 Å². The van der Waals surface area contributed by atoms with E-state index in [1.54, 1.807) is 0 Å². The Morgan fingerprint density at radius 2 is 1.00 bits per heavy atom. The van der Waals surface area contributed by atoms with Crippen molar-refractivity contribution in [2.45, 2.75) is 155 Å². The summed E-state index contributed by atoms with van der Waals surface area (Å²) >= 11 is 0. The summed E-state index contributed by atoms with van der Waals surface area (Å²) in [5.41, 5.74) is 0. The highest BCUT2D eigenvalue weighted by molar-refractivity contribution is 5.69. The van der Waals surface area contributed by atoms with Crippen molar-refractivity contribution in [3.63, 3.8) is 0 Å². The fourth-order valence-electron chi connectivity index (χ4n) is 3.68. The summed E-state index contributed by atoms with van der Waals surface area (Å²) in [6, 6.07) is 0. The maximum atomic E-state index is 11.9. The molecule has 2 heteroatoms. The third kappa shape index (κ3) is 20.0. The predicted octanol–water partition coefficient (Wildman–Crippen LogP) is 8.76. The molecule has 0 saturated carbocycles. The topological polar surface area (TPSA) is 26.3 Å². The molecule has 0 heterocycles. The van der Waals surface area contributed by atoms with E-state index in [2.05, 4.69) is 20.8 Å². The number of carbonyl (C=O) groups is 1. The van der Waals surface area contributed by atoms with Gasteiger partial charge in [0, 0.05) is 6.42 Å². The quantitative estimate of drug-likeness (QED) is 0.146. The van der Waals surface area contributed by atoms with Gasteiger partial charge in [0.2, 0.25) is 0 Å². The molecule has 0 radical (unpaired) electrons. The van der Waals surface area contributed by atoms with Crippen LogP contribution in [0.5, 0.6) is 0 Å². The number of hydrogen-bond acceptors (Lipinski definition) is 2. The molecule has 0 aromatic carbocycles. The number of esters is 1. The molecule has 0 aliphatic heterocycles. The minimum absolute atomic E-state index is 0.0210. The van der Waals surface area contributed by atoms with Gasteiger partial charge in [-0.1, -0.05) is 117 Å². The van der Waals surface area contributed by atoms with Gasteiger partial charge >= 0.3 is 5.97 Å². The summed E-state index contributed by atoms with van der Waals surface area (Å²) in [6.45, 7) is 6.61. The lowest BCUT2D eigenvalue weighted by Gasteiger charge is -2.16. The van der Waals surface area contributed by atoms with Crippen LogP contribution in [-0.4, -0.2) is 12.1 Å². The van der Waals surface area contributed by atoms with E-state index in [-0.39, 0.29) is 12.1 Å². The van der Waals surface area contributed by atoms with Crippen molar-refractivity contribution in [3.8, 4) is 0 Å². The molecule has 0 spiro atoms. The molecule has 0 aromatic heterocycles. The fraction of sp³-hybridized carbons (Fsp3) is 0.960. The second kappa shape index (κ2) is 21.8. The first-order valence-corrected chi connectivity index (χ1v) is 12.4. The Hall–Kier alpha value is -0.530. The number of rotatable bonds is 21. The molecule has 0 aromatic rings. The van der Waals surface area contributed by atoms with Crippen molar-refractivity contribution in [2.75, 3.05) is 0 Å². The van der Waals surface area contributed by atoms with E-state index in [4.69, 9.17) is 4.74 Å². The molecule has 162 valence electrons. The van der Waals surface area contributed by atoms with Crippen molar-refractivity contribution >= 4 is 5.97 Å². The molecule has 0 unspecified atom stereocenters. The van der Waals surface area contributed by atoms with Crippen LogP contribution in [0.1, 0.15) is 149 Å². The average Bonchev–Trinajstić information content (AvgIpc) is 2.68. The van der Waals surface area contributed by atoms with Crippen LogP contribution in [-0.2, 0) is 9.53 Å². The normalized spacial score (nSPS) is 12.3. The molecule has 2 nitrogen and oxygen atoms in total. The molecule has 0 N–H and O–H groups in total. The van der Waals surface area contributed by atoms with E-state index in [1.807, 2.05) is 0 Å².